The van der Waals surface area contributed by atoms with E-state index in [0.717, 1.165) is 10.4 Å². The number of carbonyl (C=O) groups excluding carboxylic acids is 1. The number of sulfonamides is 1. The first kappa shape index (κ1) is 20.0. The molecule has 3 rings (SSSR count). The molecule has 0 spiro atoms. The highest BCUT2D eigenvalue weighted by molar-refractivity contribution is 7.91. The number of hydrogen-bond donors (Lipinski definition) is 1. The van der Waals surface area contributed by atoms with Gasteiger partial charge in [0.1, 0.15) is 4.21 Å². The molecule has 1 aliphatic heterocycles. The van der Waals surface area contributed by atoms with Crippen LogP contribution in [0.4, 0.5) is 0 Å². The van der Waals surface area contributed by atoms with E-state index in [0.29, 0.717) is 43.5 Å². The van der Waals surface area contributed by atoms with Gasteiger partial charge in [-0.1, -0.05) is 37.3 Å². The number of thiophene rings is 1. The van der Waals surface area contributed by atoms with Crippen LogP contribution < -0.4 is 5.32 Å². The number of nitrogens with one attached hydrogen (secondary N) is 1. The molecule has 1 atom stereocenters. The molecule has 0 aliphatic carbocycles. The Balaban J connectivity index is 1.54. The van der Waals surface area contributed by atoms with E-state index in [9.17, 15) is 13.2 Å². The van der Waals surface area contributed by atoms with Crippen LogP contribution in [-0.4, -0.2) is 44.9 Å². The van der Waals surface area contributed by atoms with E-state index < -0.39 is 10.0 Å². The third kappa shape index (κ3) is 5.16. The zero-order valence-corrected chi connectivity index (χ0v) is 16.9. The van der Waals surface area contributed by atoms with Crippen LogP contribution in [0.1, 0.15) is 29.7 Å². The second-order valence-electron chi connectivity index (χ2n) is 6.53. The molecule has 6 nitrogen and oxygen atoms in total. The van der Waals surface area contributed by atoms with Gasteiger partial charge in [-0.25, -0.2) is 8.42 Å². The van der Waals surface area contributed by atoms with Crippen LogP contribution >= 0.6 is 11.3 Å². The molecular formula is C19H24N2O4S2. The summed E-state index contributed by atoms with van der Waals surface area (Å²) >= 11 is 1.21. The third-order valence-corrected chi connectivity index (χ3v) is 7.97. The van der Waals surface area contributed by atoms with Crippen LogP contribution in [0.15, 0.2) is 46.7 Å². The molecule has 1 saturated heterocycles. The Kier molecular flexibility index (Phi) is 6.64. The van der Waals surface area contributed by atoms with Crippen LogP contribution in [0.2, 0.25) is 0 Å². The Morgan fingerprint density at radius 1 is 1.19 bits per heavy atom. The van der Waals surface area contributed by atoms with Crippen molar-refractivity contribution in [2.24, 2.45) is 0 Å². The van der Waals surface area contributed by atoms with Crippen LogP contribution in [0.3, 0.4) is 0 Å². The van der Waals surface area contributed by atoms with Crippen molar-refractivity contribution in [3.05, 3.63) is 52.9 Å². The summed E-state index contributed by atoms with van der Waals surface area (Å²) in [6.45, 7) is 3.96. The van der Waals surface area contributed by atoms with Crippen LogP contribution in [-0.2, 0) is 26.1 Å². The van der Waals surface area contributed by atoms with Gasteiger partial charge in [0.15, 0.2) is 0 Å². The largest absolute Gasteiger partial charge is 0.379 e. The van der Waals surface area contributed by atoms with Gasteiger partial charge < -0.3 is 10.1 Å². The minimum atomic E-state index is -3.48. The number of benzene rings is 1. The Morgan fingerprint density at radius 2 is 1.89 bits per heavy atom. The molecule has 0 bridgehead atoms. The SMILES string of the molecule is CC(CC(=O)NCc1ccc(S(=O)(=O)N2CCOCC2)s1)c1ccccc1. The van der Waals surface area contributed by atoms with Gasteiger partial charge in [0.05, 0.1) is 19.8 Å². The lowest BCUT2D eigenvalue weighted by Gasteiger charge is -2.25. The molecule has 1 unspecified atom stereocenters. The fraction of sp³-hybridized carbons (Fsp3) is 0.421. The van der Waals surface area contributed by atoms with Gasteiger partial charge >= 0.3 is 0 Å². The molecule has 1 aromatic carbocycles. The minimum Gasteiger partial charge on any atom is -0.379 e. The maximum absolute atomic E-state index is 12.6. The maximum Gasteiger partial charge on any atom is 0.252 e. The number of carbonyl (C=O) groups is 1. The first-order valence-electron chi connectivity index (χ1n) is 8.95. The zero-order chi connectivity index (χ0) is 19.3. The molecule has 1 aliphatic rings. The quantitative estimate of drug-likeness (QED) is 0.764. The molecule has 146 valence electrons. The summed E-state index contributed by atoms with van der Waals surface area (Å²) < 4.78 is 32.2. The number of amides is 1. The Labute approximate surface area is 164 Å². The van der Waals surface area contributed by atoms with Crippen molar-refractivity contribution in [3.63, 3.8) is 0 Å². The van der Waals surface area contributed by atoms with Gasteiger partial charge in [-0.05, 0) is 23.6 Å². The van der Waals surface area contributed by atoms with Gasteiger partial charge in [0.25, 0.3) is 10.0 Å². The van der Waals surface area contributed by atoms with E-state index in [4.69, 9.17) is 4.74 Å². The first-order valence-corrected chi connectivity index (χ1v) is 11.2. The van der Waals surface area contributed by atoms with E-state index in [1.807, 2.05) is 37.3 Å². The monoisotopic (exact) mass is 408 g/mol. The average Bonchev–Trinajstić information content (AvgIpc) is 3.18. The van der Waals surface area contributed by atoms with E-state index >= 15 is 0 Å². The Hall–Kier alpha value is -1.74. The predicted molar refractivity (Wildman–Crippen MR) is 105 cm³/mol. The normalized spacial score (nSPS) is 16.8. The summed E-state index contributed by atoms with van der Waals surface area (Å²) in [5.41, 5.74) is 1.13. The predicted octanol–water partition coefficient (Wildman–Crippen LogP) is 2.58. The summed E-state index contributed by atoms with van der Waals surface area (Å²) in [5.74, 6) is 0.0872. The number of rotatable bonds is 7. The number of nitrogens with zero attached hydrogens (tertiary/aromatic N) is 1. The highest BCUT2D eigenvalue weighted by Crippen LogP contribution is 2.25. The highest BCUT2D eigenvalue weighted by Gasteiger charge is 2.27. The lowest BCUT2D eigenvalue weighted by molar-refractivity contribution is -0.121. The first-order chi connectivity index (χ1) is 13.0. The Morgan fingerprint density at radius 3 is 2.59 bits per heavy atom. The molecule has 27 heavy (non-hydrogen) atoms. The van der Waals surface area contributed by atoms with E-state index in [1.165, 1.54) is 15.6 Å². The molecule has 8 heteroatoms. The third-order valence-electron chi connectivity index (χ3n) is 4.52. The molecule has 1 fully saturated rings. The molecule has 1 amide bonds. The second kappa shape index (κ2) is 8.97. The number of ether oxygens (including phenoxy) is 1. The topological polar surface area (TPSA) is 75.7 Å². The van der Waals surface area contributed by atoms with Crippen molar-refractivity contribution in [3.8, 4) is 0 Å². The molecule has 1 aromatic heterocycles. The summed E-state index contributed by atoms with van der Waals surface area (Å²) in [4.78, 5) is 13.0. The second-order valence-corrected chi connectivity index (χ2v) is 9.86. The minimum absolute atomic E-state index is 0.0441. The van der Waals surface area contributed by atoms with Gasteiger partial charge in [-0.15, -0.1) is 11.3 Å². The summed E-state index contributed by atoms with van der Waals surface area (Å²) in [6.07, 6.45) is 0.397. The van der Waals surface area contributed by atoms with Crippen LogP contribution in [0.5, 0.6) is 0 Å². The maximum atomic E-state index is 12.6. The lowest BCUT2D eigenvalue weighted by atomic mass is 9.98. The van der Waals surface area contributed by atoms with Crippen molar-refractivity contribution >= 4 is 27.3 Å². The van der Waals surface area contributed by atoms with Crippen molar-refractivity contribution in [2.45, 2.75) is 30.0 Å². The summed E-state index contributed by atoms with van der Waals surface area (Å²) in [5, 5.41) is 2.89. The van der Waals surface area contributed by atoms with Gasteiger partial charge in [-0.2, -0.15) is 4.31 Å². The van der Waals surface area contributed by atoms with Crippen LogP contribution in [0, 0.1) is 0 Å². The molecule has 2 aromatic rings. The van der Waals surface area contributed by atoms with Crippen LogP contribution in [0.25, 0.3) is 0 Å². The molecular weight excluding hydrogens is 384 g/mol. The zero-order valence-electron chi connectivity index (χ0n) is 15.3. The van der Waals surface area contributed by atoms with E-state index in [1.54, 1.807) is 12.1 Å². The summed E-state index contributed by atoms with van der Waals surface area (Å²) in [7, 11) is -3.48. The number of hydrogen-bond acceptors (Lipinski definition) is 5. The van der Waals surface area contributed by atoms with Crippen molar-refractivity contribution in [1.82, 2.24) is 9.62 Å². The molecule has 2 heterocycles. The highest BCUT2D eigenvalue weighted by atomic mass is 32.2. The summed E-state index contributed by atoms with van der Waals surface area (Å²) in [6, 6.07) is 13.3. The van der Waals surface area contributed by atoms with Gasteiger partial charge in [0.2, 0.25) is 5.91 Å². The molecule has 0 radical (unpaired) electrons. The van der Waals surface area contributed by atoms with E-state index in [2.05, 4.69) is 5.32 Å². The lowest BCUT2D eigenvalue weighted by Crippen LogP contribution is -2.40. The van der Waals surface area contributed by atoms with Crippen molar-refractivity contribution < 1.29 is 17.9 Å². The smallest absolute Gasteiger partial charge is 0.252 e. The average molecular weight is 409 g/mol. The standard InChI is InChI=1S/C19H24N2O4S2/c1-15(16-5-3-2-4-6-16)13-18(22)20-14-17-7-8-19(26-17)27(23,24)21-9-11-25-12-10-21/h2-8,15H,9-14H2,1H3,(H,20,22). The number of morpholine rings is 1. The van der Waals surface area contributed by atoms with Crippen molar-refractivity contribution in [2.75, 3.05) is 26.3 Å². The fourth-order valence-corrected chi connectivity index (χ4v) is 5.80. The van der Waals surface area contributed by atoms with Crippen molar-refractivity contribution in [1.29, 1.82) is 0 Å². The fourth-order valence-electron chi connectivity index (χ4n) is 2.94. The molecule has 1 N–H and O–H groups in total. The molecule has 0 saturated carbocycles. The van der Waals surface area contributed by atoms with Gasteiger partial charge in [-0.3, -0.25) is 4.79 Å². The van der Waals surface area contributed by atoms with Gasteiger partial charge in [0, 0.05) is 24.4 Å². The Bertz CT molecular complexity index is 859. The van der Waals surface area contributed by atoms with E-state index in [-0.39, 0.29) is 11.8 Å².